The van der Waals surface area contributed by atoms with E-state index in [1.807, 2.05) is 0 Å². The average Bonchev–Trinajstić information content (AvgIpc) is 2.47. The Bertz CT molecular complexity index is 503. The smallest absolute Gasteiger partial charge is 0.0511 e. The monoisotopic (exact) mass is 268 g/mol. The zero-order valence-electron chi connectivity index (χ0n) is 12.6. The van der Waals surface area contributed by atoms with Crippen molar-refractivity contribution < 1.29 is 0 Å². The highest BCUT2D eigenvalue weighted by Gasteiger charge is 2.08. The maximum Gasteiger partial charge on any atom is 0.0511 e. The molecule has 1 unspecified atom stereocenters. The normalized spacial score (nSPS) is 12.4. The summed E-state index contributed by atoms with van der Waals surface area (Å²) in [5, 5.41) is 3.61. The van der Waals surface area contributed by atoms with Crippen molar-refractivity contribution >= 4 is 5.69 Å². The van der Waals surface area contributed by atoms with Gasteiger partial charge in [0.15, 0.2) is 0 Å². The van der Waals surface area contributed by atoms with Gasteiger partial charge in [-0.3, -0.25) is 0 Å². The minimum absolute atomic E-state index is 0.371. The molecule has 0 saturated heterocycles. The lowest BCUT2D eigenvalue weighted by molar-refractivity contribution is 0.402. The largest absolute Gasteiger partial charge is 0.378 e. The fraction of sp³-hybridized carbons (Fsp3) is 0.333. The lowest BCUT2D eigenvalue weighted by Crippen LogP contribution is -2.11. The fourth-order valence-electron chi connectivity index (χ4n) is 2.38. The highest BCUT2D eigenvalue weighted by molar-refractivity contribution is 5.46. The summed E-state index contributed by atoms with van der Waals surface area (Å²) in [7, 11) is 4.18. The molecule has 2 heteroatoms. The molecule has 0 radical (unpaired) electrons. The maximum atomic E-state index is 3.61. The van der Waals surface area contributed by atoms with Gasteiger partial charge in [-0.25, -0.2) is 0 Å². The summed E-state index contributed by atoms with van der Waals surface area (Å²) in [6.45, 7) is 3.20. The first-order valence-electron chi connectivity index (χ1n) is 7.24. The van der Waals surface area contributed by atoms with Crippen LogP contribution >= 0.6 is 0 Å². The Hall–Kier alpha value is -1.80. The number of nitrogens with zero attached hydrogens (tertiary/aromatic N) is 1. The van der Waals surface area contributed by atoms with Crippen LogP contribution < -0.4 is 5.32 Å². The maximum absolute atomic E-state index is 3.61. The molecule has 20 heavy (non-hydrogen) atoms. The standard InChI is InChI=1S/C18H24N2/c1-4-18(16-8-6-5-7-9-16)19-17-12-10-15(11-13-17)14-20(2)3/h5-13,18-19H,4,14H2,1-3H3. The van der Waals surface area contributed by atoms with Gasteiger partial charge in [0.05, 0.1) is 6.04 Å². The van der Waals surface area contributed by atoms with Crippen LogP contribution in [0.4, 0.5) is 5.69 Å². The summed E-state index contributed by atoms with van der Waals surface area (Å²) in [4.78, 5) is 2.18. The molecule has 0 bridgehead atoms. The van der Waals surface area contributed by atoms with Crippen molar-refractivity contribution in [1.29, 1.82) is 0 Å². The molecule has 0 aromatic heterocycles. The summed E-state index contributed by atoms with van der Waals surface area (Å²) in [6, 6.07) is 19.7. The number of hydrogen-bond acceptors (Lipinski definition) is 2. The molecule has 0 heterocycles. The van der Waals surface area contributed by atoms with Gasteiger partial charge in [-0.15, -0.1) is 0 Å². The number of nitrogens with one attached hydrogen (secondary N) is 1. The van der Waals surface area contributed by atoms with Gasteiger partial charge in [0.25, 0.3) is 0 Å². The highest BCUT2D eigenvalue weighted by atomic mass is 15.0. The molecule has 106 valence electrons. The molecule has 2 rings (SSSR count). The Kier molecular flexibility index (Phi) is 5.19. The topological polar surface area (TPSA) is 15.3 Å². The van der Waals surface area contributed by atoms with Crippen molar-refractivity contribution in [2.45, 2.75) is 25.9 Å². The summed E-state index contributed by atoms with van der Waals surface area (Å²) in [5.41, 5.74) is 3.86. The Morgan fingerprint density at radius 2 is 1.60 bits per heavy atom. The molecule has 2 aromatic rings. The number of rotatable bonds is 6. The summed E-state index contributed by atoms with van der Waals surface area (Å²) >= 11 is 0. The summed E-state index contributed by atoms with van der Waals surface area (Å²) < 4.78 is 0. The van der Waals surface area contributed by atoms with E-state index < -0.39 is 0 Å². The third-order valence-corrected chi connectivity index (χ3v) is 3.40. The molecule has 1 atom stereocenters. The van der Waals surface area contributed by atoms with E-state index in [9.17, 15) is 0 Å². The van der Waals surface area contributed by atoms with E-state index in [-0.39, 0.29) is 0 Å². The van der Waals surface area contributed by atoms with E-state index in [4.69, 9.17) is 0 Å². The van der Waals surface area contributed by atoms with Crippen LogP contribution in [0.5, 0.6) is 0 Å². The molecule has 0 aliphatic rings. The number of hydrogen-bond donors (Lipinski definition) is 1. The molecule has 0 fully saturated rings. The van der Waals surface area contributed by atoms with E-state index in [0.29, 0.717) is 6.04 Å². The van der Waals surface area contributed by atoms with Crippen molar-refractivity contribution in [2.75, 3.05) is 19.4 Å². The average molecular weight is 268 g/mol. The van der Waals surface area contributed by atoms with Crippen LogP contribution in [0.1, 0.15) is 30.5 Å². The SMILES string of the molecule is CCC(Nc1ccc(CN(C)C)cc1)c1ccccc1. The van der Waals surface area contributed by atoms with Gasteiger partial charge in [-0.1, -0.05) is 49.4 Å². The zero-order valence-corrected chi connectivity index (χ0v) is 12.6. The van der Waals surface area contributed by atoms with Gasteiger partial charge in [0.1, 0.15) is 0 Å². The Morgan fingerprint density at radius 3 is 2.15 bits per heavy atom. The first-order chi connectivity index (χ1) is 9.69. The minimum atomic E-state index is 0.371. The Morgan fingerprint density at radius 1 is 0.950 bits per heavy atom. The molecule has 0 saturated carbocycles. The van der Waals surface area contributed by atoms with Gasteiger partial charge in [0, 0.05) is 12.2 Å². The molecule has 2 aromatic carbocycles. The third kappa shape index (κ3) is 4.10. The van der Waals surface area contributed by atoms with Crippen LogP contribution in [-0.4, -0.2) is 19.0 Å². The lowest BCUT2D eigenvalue weighted by Gasteiger charge is -2.19. The fourth-order valence-corrected chi connectivity index (χ4v) is 2.38. The molecule has 0 aliphatic heterocycles. The summed E-state index contributed by atoms with van der Waals surface area (Å²) in [6.07, 6.45) is 1.07. The molecular formula is C18H24N2. The first-order valence-corrected chi connectivity index (χ1v) is 7.24. The zero-order chi connectivity index (χ0) is 14.4. The van der Waals surface area contributed by atoms with Crippen LogP contribution in [0, 0.1) is 0 Å². The van der Waals surface area contributed by atoms with Gasteiger partial charge in [-0.2, -0.15) is 0 Å². The second-order valence-corrected chi connectivity index (χ2v) is 5.45. The second kappa shape index (κ2) is 7.11. The summed E-state index contributed by atoms with van der Waals surface area (Å²) in [5.74, 6) is 0. The predicted molar refractivity (Wildman–Crippen MR) is 86.9 cm³/mol. The van der Waals surface area contributed by atoms with Crippen molar-refractivity contribution in [3.05, 3.63) is 65.7 Å². The van der Waals surface area contributed by atoms with Gasteiger partial charge < -0.3 is 10.2 Å². The van der Waals surface area contributed by atoms with E-state index in [1.165, 1.54) is 16.8 Å². The van der Waals surface area contributed by atoms with Crippen LogP contribution in [0.3, 0.4) is 0 Å². The predicted octanol–water partition coefficient (Wildman–Crippen LogP) is 4.31. The molecule has 2 nitrogen and oxygen atoms in total. The molecule has 0 spiro atoms. The van der Waals surface area contributed by atoms with Crippen LogP contribution in [-0.2, 0) is 6.54 Å². The van der Waals surface area contributed by atoms with E-state index in [1.54, 1.807) is 0 Å². The Labute approximate surface area is 122 Å². The van der Waals surface area contributed by atoms with Crippen molar-refractivity contribution in [2.24, 2.45) is 0 Å². The quantitative estimate of drug-likeness (QED) is 0.839. The van der Waals surface area contributed by atoms with Crippen molar-refractivity contribution in [3.63, 3.8) is 0 Å². The van der Waals surface area contributed by atoms with Crippen LogP contribution in [0.2, 0.25) is 0 Å². The molecular weight excluding hydrogens is 244 g/mol. The molecule has 0 amide bonds. The Balaban J connectivity index is 2.05. The number of anilines is 1. The first kappa shape index (κ1) is 14.6. The van der Waals surface area contributed by atoms with Crippen molar-refractivity contribution in [1.82, 2.24) is 4.90 Å². The van der Waals surface area contributed by atoms with E-state index in [2.05, 4.69) is 85.8 Å². The molecule has 0 aliphatic carbocycles. The van der Waals surface area contributed by atoms with Gasteiger partial charge in [0.2, 0.25) is 0 Å². The molecule has 1 N–H and O–H groups in total. The number of benzene rings is 2. The second-order valence-electron chi connectivity index (χ2n) is 5.45. The minimum Gasteiger partial charge on any atom is -0.378 e. The highest BCUT2D eigenvalue weighted by Crippen LogP contribution is 2.22. The van der Waals surface area contributed by atoms with Crippen LogP contribution in [0.25, 0.3) is 0 Å². The van der Waals surface area contributed by atoms with E-state index >= 15 is 0 Å². The van der Waals surface area contributed by atoms with Gasteiger partial charge in [-0.05, 0) is 43.8 Å². The lowest BCUT2D eigenvalue weighted by atomic mass is 10.0. The van der Waals surface area contributed by atoms with E-state index in [0.717, 1.165) is 13.0 Å². The van der Waals surface area contributed by atoms with Crippen LogP contribution in [0.15, 0.2) is 54.6 Å². The van der Waals surface area contributed by atoms with Gasteiger partial charge >= 0.3 is 0 Å². The third-order valence-electron chi connectivity index (χ3n) is 3.40. The van der Waals surface area contributed by atoms with Crippen molar-refractivity contribution in [3.8, 4) is 0 Å².